The molecule has 4 aromatic rings. The van der Waals surface area contributed by atoms with Crippen LogP contribution in [0.4, 0.5) is 0 Å². The minimum Gasteiger partial charge on any atom is -0.497 e. The molecule has 3 heterocycles. The van der Waals surface area contributed by atoms with Crippen LogP contribution < -0.4 is 15.2 Å². The molecule has 0 amide bonds. The second-order valence-corrected chi connectivity index (χ2v) is 6.00. The molecule has 0 saturated carbocycles. The topological polar surface area (TPSA) is 87.6 Å². The van der Waals surface area contributed by atoms with Crippen molar-refractivity contribution in [2.45, 2.75) is 6.04 Å². The van der Waals surface area contributed by atoms with Crippen LogP contribution in [0.5, 0.6) is 11.5 Å². The van der Waals surface area contributed by atoms with Crippen LogP contribution in [0.15, 0.2) is 61.2 Å². The predicted octanol–water partition coefficient (Wildman–Crippen LogP) is 2.86. The van der Waals surface area contributed by atoms with Gasteiger partial charge in [-0.25, -0.2) is 9.50 Å². The number of hydrogen-bond donors (Lipinski definition) is 1. The maximum atomic E-state index is 6.40. The lowest BCUT2D eigenvalue weighted by molar-refractivity contribution is 0.395. The average molecular weight is 361 g/mol. The van der Waals surface area contributed by atoms with Crippen molar-refractivity contribution in [2.75, 3.05) is 14.2 Å². The van der Waals surface area contributed by atoms with E-state index in [-0.39, 0.29) is 6.04 Å². The van der Waals surface area contributed by atoms with Gasteiger partial charge in [0.1, 0.15) is 11.5 Å². The second kappa shape index (κ2) is 7.05. The smallest absolute Gasteiger partial charge is 0.163 e. The Kier molecular flexibility index (Phi) is 4.43. The number of rotatable bonds is 5. The molecule has 3 aromatic heterocycles. The first-order chi connectivity index (χ1) is 13.2. The van der Waals surface area contributed by atoms with Crippen LogP contribution >= 0.6 is 0 Å². The minimum atomic E-state index is -0.349. The SMILES string of the molecule is COc1ccc(-c2cnn3ccc(C(N)c4ccncc4)nc23)c(OC)c1. The van der Waals surface area contributed by atoms with E-state index in [1.165, 1.54) is 0 Å². The Bertz CT molecular complexity index is 1080. The molecule has 0 fully saturated rings. The van der Waals surface area contributed by atoms with Crippen LogP contribution in [0.2, 0.25) is 0 Å². The molecule has 7 heteroatoms. The third-order valence-corrected chi connectivity index (χ3v) is 4.47. The first-order valence-corrected chi connectivity index (χ1v) is 8.43. The van der Waals surface area contributed by atoms with E-state index < -0.39 is 0 Å². The number of benzene rings is 1. The summed E-state index contributed by atoms with van der Waals surface area (Å²) in [7, 11) is 3.25. The highest BCUT2D eigenvalue weighted by Crippen LogP contribution is 2.35. The zero-order chi connectivity index (χ0) is 18.8. The third-order valence-electron chi connectivity index (χ3n) is 4.47. The second-order valence-electron chi connectivity index (χ2n) is 6.00. The molecule has 0 aliphatic heterocycles. The van der Waals surface area contributed by atoms with E-state index in [4.69, 9.17) is 20.2 Å². The Balaban J connectivity index is 1.82. The summed E-state index contributed by atoms with van der Waals surface area (Å²) in [6, 6.07) is 11.0. The highest BCUT2D eigenvalue weighted by atomic mass is 16.5. The van der Waals surface area contributed by atoms with Crippen molar-refractivity contribution in [2.24, 2.45) is 5.73 Å². The molecule has 0 spiro atoms. The Morgan fingerprint density at radius 2 is 1.81 bits per heavy atom. The van der Waals surface area contributed by atoms with Crippen molar-refractivity contribution in [1.29, 1.82) is 0 Å². The standard InChI is InChI=1S/C20H19N5O2/c1-26-14-3-4-15(18(11-14)27-2)16-12-23-25-10-7-17(24-20(16)25)19(21)13-5-8-22-9-6-13/h3-12,19H,21H2,1-2H3. The number of pyridine rings is 1. The number of fused-ring (bicyclic) bond motifs is 1. The lowest BCUT2D eigenvalue weighted by Crippen LogP contribution is -2.14. The molecule has 0 bridgehead atoms. The summed E-state index contributed by atoms with van der Waals surface area (Å²) >= 11 is 0. The number of ether oxygens (including phenoxy) is 2. The van der Waals surface area contributed by atoms with Crippen molar-refractivity contribution < 1.29 is 9.47 Å². The molecule has 0 aliphatic rings. The molecule has 0 aliphatic carbocycles. The summed E-state index contributed by atoms with van der Waals surface area (Å²) in [4.78, 5) is 8.81. The van der Waals surface area contributed by atoms with Gasteiger partial charge in [-0.1, -0.05) is 0 Å². The van der Waals surface area contributed by atoms with Gasteiger partial charge in [-0.05, 0) is 35.9 Å². The Morgan fingerprint density at radius 1 is 1.00 bits per heavy atom. The van der Waals surface area contributed by atoms with E-state index in [0.717, 1.165) is 28.1 Å². The Hall–Kier alpha value is -3.45. The Labute approximate surface area is 156 Å². The normalized spacial score (nSPS) is 12.1. The highest BCUT2D eigenvalue weighted by Gasteiger charge is 2.16. The molecule has 7 nitrogen and oxygen atoms in total. The predicted molar refractivity (Wildman–Crippen MR) is 102 cm³/mol. The minimum absolute atomic E-state index is 0.349. The van der Waals surface area contributed by atoms with Gasteiger partial charge >= 0.3 is 0 Å². The van der Waals surface area contributed by atoms with Gasteiger partial charge in [0.15, 0.2) is 5.65 Å². The molecule has 4 rings (SSSR count). The summed E-state index contributed by atoms with van der Waals surface area (Å²) in [5, 5.41) is 4.40. The highest BCUT2D eigenvalue weighted by molar-refractivity contribution is 5.81. The number of methoxy groups -OCH3 is 2. The van der Waals surface area contributed by atoms with Crippen LogP contribution in [0.1, 0.15) is 17.3 Å². The zero-order valence-corrected chi connectivity index (χ0v) is 15.0. The fraction of sp³-hybridized carbons (Fsp3) is 0.150. The Morgan fingerprint density at radius 3 is 2.56 bits per heavy atom. The zero-order valence-electron chi connectivity index (χ0n) is 15.0. The van der Waals surface area contributed by atoms with Gasteiger partial charge < -0.3 is 15.2 Å². The summed E-state index contributed by atoms with van der Waals surface area (Å²) < 4.78 is 12.5. The monoisotopic (exact) mass is 361 g/mol. The van der Waals surface area contributed by atoms with Gasteiger partial charge in [0.2, 0.25) is 0 Å². The van der Waals surface area contributed by atoms with Crippen LogP contribution in [0, 0.1) is 0 Å². The maximum Gasteiger partial charge on any atom is 0.163 e. The third kappa shape index (κ3) is 3.09. The largest absolute Gasteiger partial charge is 0.497 e. The number of nitrogens with zero attached hydrogens (tertiary/aromatic N) is 4. The first-order valence-electron chi connectivity index (χ1n) is 8.43. The van der Waals surface area contributed by atoms with Crippen LogP contribution in [-0.4, -0.2) is 33.8 Å². The fourth-order valence-electron chi connectivity index (χ4n) is 3.01. The lowest BCUT2D eigenvalue weighted by atomic mass is 10.1. The fourth-order valence-corrected chi connectivity index (χ4v) is 3.01. The van der Waals surface area contributed by atoms with E-state index >= 15 is 0 Å². The van der Waals surface area contributed by atoms with Gasteiger partial charge in [-0.3, -0.25) is 4.98 Å². The average Bonchev–Trinajstić information content (AvgIpc) is 3.16. The molecule has 136 valence electrons. The summed E-state index contributed by atoms with van der Waals surface area (Å²) in [6.45, 7) is 0. The number of aromatic nitrogens is 4. The van der Waals surface area contributed by atoms with E-state index in [1.54, 1.807) is 37.3 Å². The van der Waals surface area contributed by atoms with E-state index in [9.17, 15) is 0 Å². The molecule has 0 saturated heterocycles. The van der Waals surface area contributed by atoms with Crippen molar-refractivity contribution >= 4 is 5.65 Å². The molecule has 1 aromatic carbocycles. The number of hydrogen-bond acceptors (Lipinski definition) is 6. The van der Waals surface area contributed by atoms with Gasteiger partial charge in [0.25, 0.3) is 0 Å². The molecule has 0 radical (unpaired) electrons. The van der Waals surface area contributed by atoms with Gasteiger partial charge in [-0.15, -0.1) is 0 Å². The lowest BCUT2D eigenvalue weighted by Gasteiger charge is -2.12. The van der Waals surface area contributed by atoms with Crippen molar-refractivity contribution in [1.82, 2.24) is 19.6 Å². The van der Waals surface area contributed by atoms with Crippen LogP contribution in [0.3, 0.4) is 0 Å². The molecule has 27 heavy (non-hydrogen) atoms. The van der Waals surface area contributed by atoms with Gasteiger partial charge in [0.05, 0.1) is 37.7 Å². The van der Waals surface area contributed by atoms with E-state index in [1.807, 2.05) is 42.6 Å². The summed E-state index contributed by atoms with van der Waals surface area (Å²) in [5.74, 6) is 1.41. The van der Waals surface area contributed by atoms with Crippen molar-refractivity contribution in [3.63, 3.8) is 0 Å². The maximum absolute atomic E-state index is 6.40. The molecule has 1 unspecified atom stereocenters. The summed E-state index contributed by atoms with van der Waals surface area (Å²) in [6.07, 6.45) is 7.08. The molecule has 2 N–H and O–H groups in total. The number of nitrogens with two attached hydrogens (primary N) is 1. The molecular weight excluding hydrogens is 342 g/mol. The van der Waals surface area contributed by atoms with Crippen LogP contribution in [-0.2, 0) is 0 Å². The first kappa shape index (κ1) is 17.0. The van der Waals surface area contributed by atoms with E-state index in [0.29, 0.717) is 11.4 Å². The van der Waals surface area contributed by atoms with Crippen LogP contribution in [0.25, 0.3) is 16.8 Å². The quantitative estimate of drug-likeness (QED) is 0.588. The molecule has 1 atom stereocenters. The van der Waals surface area contributed by atoms with Gasteiger partial charge in [-0.2, -0.15) is 5.10 Å². The molecular formula is C20H19N5O2. The van der Waals surface area contributed by atoms with Gasteiger partial charge in [0, 0.05) is 30.2 Å². The van der Waals surface area contributed by atoms with Crippen molar-refractivity contribution in [3.8, 4) is 22.6 Å². The summed E-state index contributed by atoms with van der Waals surface area (Å²) in [5.41, 5.74) is 10.6. The van der Waals surface area contributed by atoms with E-state index in [2.05, 4.69) is 10.1 Å². The van der Waals surface area contributed by atoms with Crippen molar-refractivity contribution in [3.05, 3.63) is 72.4 Å².